The Morgan fingerprint density at radius 2 is 1.57 bits per heavy atom. The maximum Gasteiger partial charge on any atom is 0.332 e. The van der Waals surface area contributed by atoms with Crippen LogP contribution in [0.4, 0.5) is 0 Å². The molecule has 7 amide bonds. The summed E-state index contributed by atoms with van der Waals surface area (Å²) < 4.78 is 10.9. The molecule has 324 valence electrons. The van der Waals surface area contributed by atoms with E-state index in [1.165, 1.54) is 19.4 Å². The van der Waals surface area contributed by atoms with Gasteiger partial charge >= 0.3 is 5.97 Å². The lowest BCUT2D eigenvalue weighted by atomic mass is 9.95. The number of aromatic hydroxyl groups is 1. The van der Waals surface area contributed by atoms with Crippen molar-refractivity contribution in [3.63, 3.8) is 0 Å². The molecule has 17 heteroatoms. The van der Waals surface area contributed by atoms with E-state index in [0.717, 1.165) is 16.0 Å². The number of rotatable bonds is 12. The summed E-state index contributed by atoms with van der Waals surface area (Å²) in [4.78, 5) is 110. The number of amides is 7. The van der Waals surface area contributed by atoms with Crippen LogP contribution in [0.25, 0.3) is 11.1 Å². The largest absolute Gasteiger partial charge is 0.505 e. The van der Waals surface area contributed by atoms with E-state index >= 15 is 0 Å². The second-order valence-corrected chi connectivity index (χ2v) is 16.0. The number of aromatic nitrogens is 1. The molecular weight excluding hydrogens is 813 g/mol. The molecule has 17 nitrogen and oxygen atoms in total. The molecule has 0 saturated carbocycles. The number of imide groups is 2. The minimum Gasteiger partial charge on any atom is -0.505 e. The molecule has 4 N–H and O–H groups in total. The minimum absolute atomic E-state index is 0.0113. The van der Waals surface area contributed by atoms with Crippen molar-refractivity contribution in [3.05, 3.63) is 113 Å². The van der Waals surface area contributed by atoms with Crippen LogP contribution >= 0.6 is 0 Å². The predicted molar refractivity (Wildman–Crippen MR) is 222 cm³/mol. The average Bonchev–Trinajstić information content (AvgIpc) is 3.79. The lowest BCUT2D eigenvalue weighted by Crippen LogP contribution is -2.56. The fourth-order valence-electron chi connectivity index (χ4n) is 8.73. The summed E-state index contributed by atoms with van der Waals surface area (Å²) in [5.41, 5.74) is 1.57. The Kier molecular flexibility index (Phi) is 11.7. The van der Waals surface area contributed by atoms with Crippen molar-refractivity contribution >= 4 is 47.3 Å². The normalized spacial score (nSPS) is 18.0. The molecule has 8 rings (SSSR count). The highest BCUT2D eigenvalue weighted by atomic mass is 16.5. The molecule has 3 aliphatic heterocycles. The van der Waals surface area contributed by atoms with Gasteiger partial charge in [0.1, 0.15) is 17.3 Å². The van der Waals surface area contributed by atoms with E-state index in [-0.39, 0.29) is 84.9 Å². The van der Waals surface area contributed by atoms with Crippen LogP contribution in [0.2, 0.25) is 0 Å². The maximum absolute atomic E-state index is 13.5. The standard InChI is InChI=1S/C46H44N6O11/c1-62-45(61)46(24-28-6-2-3-7-29(28)25-46)50-42(58)38-39(55)31(17-20-47-38)26-11-13-27(14-12-26)40(56)48-30-18-21-51(22-19-30)36(54)10-5-23-63-34-9-4-8-32-37(34)44(60)52(43(32)59)33-15-16-35(53)49-41(33)57/h2-4,6-9,11-14,17,20,30,33,55H,5,10,15-16,18-19,21-25H2,1H3,(H,48,56)(H,50,58)(H,49,53,57). The molecule has 4 heterocycles. The van der Waals surface area contributed by atoms with Gasteiger partial charge in [0, 0.05) is 62.1 Å². The third-order valence-electron chi connectivity index (χ3n) is 12.0. The number of likely N-dealkylation sites (tertiary alicyclic amines) is 1. The number of fused-ring (bicyclic) bond motifs is 2. The number of carbonyl (C=O) groups excluding carboxylic acids is 8. The van der Waals surface area contributed by atoms with E-state index in [9.17, 15) is 43.5 Å². The first-order valence-electron chi connectivity index (χ1n) is 20.7. The van der Waals surface area contributed by atoms with Crippen molar-refractivity contribution in [2.24, 2.45) is 0 Å². The fourth-order valence-corrected chi connectivity index (χ4v) is 8.73. The number of esters is 1. The van der Waals surface area contributed by atoms with Crippen LogP contribution in [0.15, 0.2) is 79.0 Å². The lowest BCUT2D eigenvalue weighted by Gasteiger charge is -2.32. The summed E-state index contributed by atoms with van der Waals surface area (Å²) >= 11 is 0. The molecule has 1 aliphatic carbocycles. The number of piperidine rings is 2. The van der Waals surface area contributed by atoms with Gasteiger partial charge in [0.15, 0.2) is 11.4 Å². The van der Waals surface area contributed by atoms with E-state index in [0.29, 0.717) is 49.0 Å². The number of hydrogen-bond donors (Lipinski definition) is 4. The Bertz CT molecular complexity index is 2520. The Morgan fingerprint density at radius 3 is 2.25 bits per heavy atom. The van der Waals surface area contributed by atoms with Crippen molar-refractivity contribution in [1.29, 1.82) is 0 Å². The van der Waals surface area contributed by atoms with E-state index in [2.05, 4.69) is 20.9 Å². The fraction of sp³-hybridized carbons (Fsp3) is 0.326. The number of pyridine rings is 1. The number of carbonyl (C=O) groups is 8. The second-order valence-electron chi connectivity index (χ2n) is 16.0. The number of nitrogens with zero attached hydrogens (tertiary/aromatic N) is 3. The van der Waals surface area contributed by atoms with Crippen molar-refractivity contribution < 1.29 is 52.9 Å². The second kappa shape index (κ2) is 17.5. The van der Waals surface area contributed by atoms with Gasteiger partial charge in [-0.1, -0.05) is 42.5 Å². The van der Waals surface area contributed by atoms with Crippen LogP contribution in [-0.4, -0.2) is 112 Å². The highest BCUT2D eigenvalue weighted by molar-refractivity contribution is 6.24. The Morgan fingerprint density at radius 1 is 0.857 bits per heavy atom. The number of ether oxygens (including phenoxy) is 2. The predicted octanol–water partition coefficient (Wildman–Crippen LogP) is 2.88. The van der Waals surface area contributed by atoms with Crippen molar-refractivity contribution in [1.82, 2.24) is 30.7 Å². The van der Waals surface area contributed by atoms with Gasteiger partial charge in [0.25, 0.3) is 23.6 Å². The molecule has 0 spiro atoms. The molecule has 1 atom stereocenters. The molecule has 63 heavy (non-hydrogen) atoms. The van der Waals surface area contributed by atoms with Crippen LogP contribution in [0.1, 0.15) is 91.2 Å². The number of methoxy groups -OCH3 is 1. The zero-order valence-electron chi connectivity index (χ0n) is 34.3. The Balaban J connectivity index is 0.801. The third-order valence-corrected chi connectivity index (χ3v) is 12.0. The molecule has 3 aromatic carbocycles. The van der Waals surface area contributed by atoms with Crippen molar-refractivity contribution in [2.45, 2.75) is 69.0 Å². The third kappa shape index (κ3) is 8.33. The zero-order valence-corrected chi connectivity index (χ0v) is 34.3. The smallest absolute Gasteiger partial charge is 0.332 e. The molecule has 4 aliphatic rings. The number of hydrogen-bond acceptors (Lipinski definition) is 12. The summed E-state index contributed by atoms with van der Waals surface area (Å²) in [5.74, 6) is -4.41. The molecule has 2 saturated heterocycles. The van der Waals surface area contributed by atoms with Crippen LogP contribution < -0.4 is 20.7 Å². The van der Waals surface area contributed by atoms with Crippen LogP contribution in [0, 0.1) is 0 Å². The van der Waals surface area contributed by atoms with E-state index < -0.39 is 47.1 Å². The first-order chi connectivity index (χ1) is 30.4. The van der Waals surface area contributed by atoms with Gasteiger partial charge in [-0.05, 0) is 72.7 Å². The molecule has 2 fully saturated rings. The van der Waals surface area contributed by atoms with E-state index in [4.69, 9.17) is 9.47 Å². The van der Waals surface area contributed by atoms with Gasteiger partial charge in [-0.2, -0.15) is 0 Å². The summed E-state index contributed by atoms with van der Waals surface area (Å²) in [6.45, 7) is 0.971. The van der Waals surface area contributed by atoms with Crippen LogP contribution in [-0.2, 0) is 36.8 Å². The Labute approximate surface area is 361 Å². The lowest BCUT2D eigenvalue weighted by molar-refractivity contribution is -0.148. The van der Waals surface area contributed by atoms with Gasteiger partial charge < -0.3 is 30.1 Å². The minimum atomic E-state index is -1.36. The summed E-state index contributed by atoms with van der Waals surface area (Å²) in [6.07, 6.45) is 3.49. The van der Waals surface area contributed by atoms with E-state index in [1.807, 2.05) is 24.3 Å². The molecule has 0 bridgehead atoms. The topological polar surface area (TPSA) is 231 Å². The Hall–Kier alpha value is -7.43. The number of nitrogens with one attached hydrogen (secondary N) is 3. The van der Waals surface area contributed by atoms with Crippen molar-refractivity contribution in [2.75, 3.05) is 26.8 Å². The van der Waals surface area contributed by atoms with Crippen LogP contribution in [0.3, 0.4) is 0 Å². The van der Waals surface area contributed by atoms with Gasteiger partial charge in [-0.15, -0.1) is 0 Å². The first-order valence-corrected chi connectivity index (χ1v) is 20.7. The van der Waals surface area contributed by atoms with Gasteiger partial charge in [0.2, 0.25) is 17.7 Å². The van der Waals surface area contributed by atoms with Gasteiger partial charge in [0.05, 0.1) is 24.8 Å². The quantitative estimate of drug-likeness (QED) is 0.0916. The highest BCUT2D eigenvalue weighted by Crippen LogP contribution is 2.36. The summed E-state index contributed by atoms with van der Waals surface area (Å²) in [5, 5.41) is 19.2. The van der Waals surface area contributed by atoms with Gasteiger partial charge in [-0.3, -0.25) is 43.8 Å². The molecule has 1 aromatic heterocycles. The summed E-state index contributed by atoms with van der Waals surface area (Å²) in [7, 11) is 1.26. The maximum atomic E-state index is 13.5. The highest BCUT2D eigenvalue weighted by Gasteiger charge is 2.48. The molecule has 0 radical (unpaired) electrons. The zero-order chi connectivity index (χ0) is 44.4. The molecule has 4 aromatic rings. The van der Waals surface area contributed by atoms with Crippen LogP contribution in [0.5, 0.6) is 11.5 Å². The SMILES string of the molecule is COC(=O)C1(NC(=O)c2nccc(-c3ccc(C(=O)NC4CCN(C(=O)CCCOc5cccc6c5C(=O)N(C5CCC(=O)NC5=O)C6=O)CC4)cc3)c2O)Cc2ccccc2C1. The first kappa shape index (κ1) is 42.3. The molecular formula is C46H44N6O11. The van der Waals surface area contributed by atoms with E-state index in [1.54, 1.807) is 47.4 Å². The van der Waals surface area contributed by atoms with Crippen molar-refractivity contribution in [3.8, 4) is 22.6 Å². The molecule has 1 unspecified atom stereocenters. The number of benzene rings is 3. The average molecular weight is 857 g/mol. The monoisotopic (exact) mass is 856 g/mol. The summed E-state index contributed by atoms with van der Waals surface area (Å²) in [6, 6.07) is 18.9. The van der Waals surface area contributed by atoms with Gasteiger partial charge in [-0.25, -0.2) is 9.78 Å².